The van der Waals surface area contributed by atoms with Crippen LogP contribution in [0.25, 0.3) is 10.9 Å². The van der Waals surface area contributed by atoms with Gasteiger partial charge in [-0.05, 0) is 56.2 Å². The summed E-state index contributed by atoms with van der Waals surface area (Å²) in [5.74, 6) is 1.56. The van der Waals surface area contributed by atoms with Crippen LogP contribution in [0.1, 0.15) is 32.0 Å². The van der Waals surface area contributed by atoms with Crippen molar-refractivity contribution < 1.29 is 14.7 Å². The van der Waals surface area contributed by atoms with Crippen LogP contribution >= 0.6 is 0 Å². The number of aromatic nitrogens is 2. The number of rotatable bonds is 8. The number of hydrogen-bond acceptors (Lipinski definition) is 6. The number of nitrogens with zero attached hydrogens (tertiary/aromatic N) is 3. The van der Waals surface area contributed by atoms with Gasteiger partial charge in [0.2, 0.25) is 0 Å². The average molecular weight is 394 g/mol. The molecule has 0 aliphatic heterocycles. The smallest absolute Gasteiger partial charge is 0.284 e. The molecule has 3 aromatic rings. The van der Waals surface area contributed by atoms with Crippen LogP contribution in [-0.2, 0) is 4.79 Å². The lowest BCUT2D eigenvalue weighted by Gasteiger charge is -2.21. The van der Waals surface area contributed by atoms with E-state index in [2.05, 4.69) is 9.97 Å². The van der Waals surface area contributed by atoms with Crippen LogP contribution in [0.2, 0.25) is 0 Å². The number of benzene rings is 2. The zero-order chi connectivity index (χ0) is 20.8. The van der Waals surface area contributed by atoms with Crippen molar-refractivity contribution in [3.63, 3.8) is 0 Å². The largest absolute Gasteiger partial charge is 0.481 e. The van der Waals surface area contributed by atoms with E-state index in [1.165, 1.54) is 0 Å². The summed E-state index contributed by atoms with van der Waals surface area (Å²) in [6.07, 6.45) is 1.58. The fourth-order valence-corrected chi connectivity index (χ4v) is 3.17. The fraction of sp³-hybridized carbons (Fsp3) is 0.318. The van der Waals surface area contributed by atoms with Crippen molar-refractivity contribution in [1.29, 1.82) is 0 Å². The highest BCUT2D eigenvalue weighted by molar-refractivity contribution is 5.91. The van der Waals surface area contributed by atoms with Gasteiger partial charge in [0.25, 0.3) is 5.91 Å². The van der Waals surface area contributed by atoms with Crippen LogP contribution in [0.5, 0.6) is 5.75 Å². The van der Waals surface area contributed by atoms with E-state index in [0.29, 0.717) is 18.0 Å². The molecule has 3 rings (SSSR count). The SMILES string of the molecule is CCCCC(Oc1ccc(N(C)c2nc(C)nc3ccccc23)cc1)C(=O)NO. The number of anilines is 2. The van der Waals surface area contributed by atoms with E-state index in [9.17, 15) is 4.79 Å². The second-order valence-electron chi connectivity index (χ2n) is 6.89. The topological polar surface area (TPSA) is 87.6 Å². The lowest BCUT2D eigenvalue weighted by molar-refractivity contribution is -0.136. The molecule has 7 nitrogen and oxygen atoms in total. The Bertz CT molecular complexity index is 975. The Hall–Kier alpha value is -3.19. The van der Waals surface area contributed by atoms with Crippen molar-refractivity contribution in [3.05, 3.63) is 54.4 Å². The highest BCUT2D eigenvalue weighted by Crippen LogP contribution is 2.30. The Morgan fingerprint density at radius 2 is 1.90 bits per heavy atom. The number of nitrogens with one attached hydrogen (secondary N) is 1. The maximum Gasteiger partial charge on any atom is 0.284 e. The third-order valence-corrected chi connectivity index (χ3v) is 4.74. The third-order valence-electron chi connectivity index (χ3n) is 4.74. The Morgan fingerprint density at radius 1 is 1.17 bits per heavy atom. The number of ether oxygens (including phenoxy) is 1. The van der Waals surface area contributed by atoms with Gasteiger partial charge in [0.1, 0.15) is 17.4 Å². The first-order chi connectivity index (χ1) is 14.0. The molecule has 0 aliphatic carbocycles. The van der Waals surface area contributed by atoms with Gasteiger partial charge in [-0.1, -0.05) is 25.5 Å². The molecule has 152 valence electrons. The summed E-state index contributed by atoms with van der Waals surface area (Å²) in [5, 5.41) is 9.91. The lowest BCUT2D eigenvalue weighted by Crippen LogP contribution is -2.36. The number of hydroxylamine groups is 1. The molecule has 1 aromatic heterocycles. The number of amides is 1. The van der Waals surface area contributed by atoms with Crippen molar-refractivity contribution >= 4 is 28.3 Å². The first-order valence-electron chi connectivity index (χ1n) is 9.71. The molecule has 0 saturated heterocycles. The predicted octanol–water partition coefficient (Wildman–Crippen LogP) is 4.15. The van der Waals surface area contributed by atoms with Gasteiger partial charge >= 0.3 is 0 Å². The highest BCUT2D eigenvalue weighted by Gasteiger charge is 2.19. The lowest BCUT2D eigenvalue weighted by atomic mass is 10.1. The molecule has 1 amide bonds. The maximum absolute atomic E-state index is 11.8. The molecule has 2 aromatic carbocycles. The molecule has 0 saturated carbocycles. The molecule has 0 spiro atoms. The van der Waals surface area contributed by atoms with Crippen molar-refractivity contribution in [2.45, 2.75) is 39.2 Å². The quantitative estimate of drug-likeness (QED) is 0.441. The molecule has 1 atom stereocenters. The van der Waals surface area contributed by atoms with Gasteiger partial charge < -0.3 is 9.64 Å². The highest BCUT2D eigenvalue weighted by atomic mass is 16.5. The number of unbranched alkanes of at least 4 members (excludes halogenated alkanes) is 1. The number of aryl methyl sites for hydroxylation is 1. The first kappa shape index (κ1) is 20.5. The minimum Gasteiger partial charge on any atom is -0.481 e. The van der Waals surface area contributed by atoms with Crippen molar-refractivity contribution in [1.82, 2.24) is 15.4 Å². The molecule has 0 fully saturated rings. The molecule has 2 N–H and O–H groups in total. The predicted molar refractivity (Wildman–Crippen MR) is 113 cm³/mol. The summed E-state index contributed by atoms with van der Waals surface area (Å²) in [5.41, 5.74) is 3.51. The van der Waals surface area contributed by atoms with Crippen LogP contribution in [-0.4, -0.2) is 34.2 Å². The standard InChI is InChI=1S/C22H26N4O3/c1-4-5-10-20(22(27)25-28)29-17-13-11-16(12-14-17)26(3)21-18-8-6-7-9-19(18)23-15(2)24-21/h6-9,11-14,20,28H,4-5,10H2,1-3H3,(H,25,27). The summed E-state index contributed by atoms with van der Waals surface area (Å²) >= 11 is 0. The van der Waals surface area contributed by atoms with Crippen LogP contribution in [0, 0.1) is 6.92 Å². The number of hydrogen-bond donors (Lipinski definition) is 2. The fourth-order valence-electron chi connectivity index (χ4n) is 3.17. The molecule has 29 heavy (non-hydrogen) atoms. The van der Waals surface area contributed by atoms with Gasteiger partial charge in [-0.15, -0.1) is 0 Å². The van der Waals surface area contributed by atoms with Crippen LogP contribution in [0.4, 0.5) is 11.5 Å². The van der Waals surface area contributed by atoms with E-state index >= 15 is 0 Å². The Labute approximate surface area is 170 Å². The second kappa shape index (κ2) is 9.34. The summed E-state index contributed by atoms with van der Waals surface area (Å²) in [4.78, 5) is 22.9. The second-order valence-corrected chi connectivity index (χ2v) is 6.89. The Balaban J connectivity index is 1.82. The van der Waals surface area contributed by atoms with Crippen molar-refractivity contribution in [2.24, 2.45) is 0 Å². The van der Waals surface area contributed by atoms with E-state index < -0.39 is 12.0 Å². The van der Waals surface area contributed by atoms with E-state index in [4.69, 9.17) is 9.94 Å². The molecular formula is C22H26N4O3. The van der Waals surface area contributed by atoms with Gasteiger partial charge in [0, 0.05) is 18.1 Å². The molecule has 7 heteroatoms. The molecule has 0 aliphatic rings. The van der Waals surface area contributed by atoms with Gasteiger partial charge in [-0.25, -0.2) is 15.4 Å². The third kappa shape index (κ3) is 4.81. The van der Waals surface area contributed by atoms with Gasteiger partial charge in [0.05, 0.1) is 5.52 Å². The minimum absolute atomic E-state index is 0.538. The van der Waals surface area contributed by atoms with Gasteiger partial charge in [-0.2, -0.15) is 0 Å². The molecule has 1 unspecified atom stereocenters. The van der Waals surface area contributed by atoms with Crippen LogP contribution in [0.15, 0.2) is 48.5 Å². The summed E-state index contributed by atoms with van der Waals surface area (Å²) in [6.45, 7) is 3.92. The van der Waals surface area contributed by atoms with Gasteiger partial charge in [-0.3, -0.25) is 10.0 Å². The molecule has 0 bridgehead atoms. The number of carbonyl (C=O) groups is 1. The molecule has 1 heterocycles. The molecular weight excluding hydrogens is 368 g/mol. The van der Waals surface area contributed by atoms with E-state index in [-0.39, 0.29) is 0 Å². The Kier molecular flexibility index (Phi) is 6.61. The molecule has 0 radical (unpaired) electrons. The summed E-state index contributed by atoms with van der Waals surface area (Å²) < 4.78 is 5.78. The zero-order valence-corrected chi connectivity index (χ0v) is 16.9. The maximum atomic E-state index is 11.8. The Morgan fingerprint density at radius 3 is 2.59 bits per heavy atom. The van der Waals surface area contributed by atoms with Crippen molar-refractivity contribution in [3.8, 4) is 5.75 Å². The summed E-state index contributed by atoms with van der Waals surface area (Å²) in [6, 6.07) is 15.4. The van der Waals surface area contributed by atoms with E-state index in [1.54, 1.807) is 5.48 Å². The van der Waals surface area contributed by atoms with Crippen LogP contribution < -0.4 is 15.1 Å². The first-order valence-corrected chi connectivity index (χ1v) is 9.71. The van der Waals surface area contributed by atoms with E-state index in [1.807, 2.05) is 74.3 Å². The minimum atomic E-state index is -0.725. The van der Waals surface area contributed by atoms with Crippen molar-refractivity contribution in [2.75, 3.05) is 11.9 Å². The van der Waals surface area contributed by atoms with Gasteiger partial charge in [0.15, 0.2) is 6.10 Å². The van der Waals surface area contributed by atoms with Crippen LogP contribution in [0.3, 0.4) is 0 Å². The zero-order valence-electron chi connectivity index (χ0n) is 16.9. The average Bonchev–Trinajstić information content (AvgIpc) is 2.75. The van der Waals surface area contributed by atoms with E-state index in [0.717, 1.165) is 35.2 Å². The number of carbonyl (C=O) groups excluding carboxylic acids is 1. The monoisotopic (exact) mass is 394 g/mol. The summed E-state index contributed by atoms with van der Waals surface area (Å²) in [7, 11) is 1.95. The number of fused-ring (bicyclic) bond motifs is 1. The normalized spacial score (nSPS) is 11.9. The number of para-hydroxylation sites is 1.